The van der Waals surface area contributed by atoms with Crippen molar-refractivity contribution < 1.29 is 14.6 Å². The Kier molecular flexibility index (Phi) is 9.37. The van der Waals surface area contributed by atoms with Crippen molar-refractivity contribution in [2.75, 3.05) is 0 Å². The maximum atomic E-state index is 11.6. The molecule has 1 rings (SSSR count). The second-order valence-corrected chi connectivity index (χ2v) is 8.71. The molecule has 3 heteroatoms. The predicted octanol–water partition coefficient (Wildman–Crippen LogP) is 5.60. The van der Waals surface area contributed by atoms with Gasteiger partial charge in [0.25, 0.3) is 0 Å². The van der Waals surface area contributed by atoms with Crippen LogP contribution in [0.5, 0.6) is 0 Å². The van der Waals surface area contributed by atoms with E-state index in [2.05, 4.69) is 6.92 Å². The second kappa shape index (κ2) is 10.5. The first-order valence-electron chi connectivity index (χ1n) is 10.3. The van der Waals surface area contributed by atoms with Gasteiger partial charge in [-0.05, 0) is 33.1 Å². The number of hydrogen-bond donors (Lipinski definition) is 1. The van der Waals surface area contributed by atoms with Gasteiger partial charge in [0.2, 0.25) is 0 Å². The summed E-state index contributed by atoms with van der Waals surface area (Å²) in [7, 11) is 0. The average molecular weight is 353 g/mol. The standard InChI is InChI=1S/C22H40O3/c1-6-7-8-9-10-11-12-13-19-20(25-19)14-15-22(5,24)17-16-21(3,4)18(2)23/h14-15,19-20,24H,6-13,16-17H2,1-5H3/b15-14+. The lowest BCUT2D eigenvalue weighted by Crippen LogP contribution is -2.28. The smallest absolute Gasteiger partial charge is 0.135 e. The Balaban J connectivity index is 2.17. The van der Waals surface area contributed by atoms with Crippen LogP contribution in [0.25, 0.3) is 0 Å². The van der Waals surface area contributed by atoms with Crippen molar-refractivity contribution in [3.05, 3.63) is 12.2 Å². The first kappa shape index (κ1) is 22.4. The molecule has 0 aromatic carbocycles. The van der Waals surface area contributed by atoms with Crippen LogP contribution in [-0.2, 0) is 9.53 Å². The van der Waals surface area contributed by atoms with Crippen LogP contribution < -0.4 is 0 Å². The third kappa shape index (κ3) is 9.55. The van der Waals surface area contributed by atoms with Crippen LogP contribution in [0.4, 0.5) is 0 Å². The fourth-order valence-electron chi connectivity index (χ4n) is 2.99. The van der Waals surface area contributed by atoms with Gasteiger partial charge in [0.15, 0.2) is 0 Å². The van der Waals surface area contributed by atoms with E-state index in [4.69, 9.17) is 4.74 Å². The van der Waals surface area contributed by atoms with E-state index in [1.807, 2.05) is 32.9 Å². The molecule has 0 bridgehead atoms. The highest BCUT2D eigenvalue weighted by molar-refractivity contribution is 5.81. The molecule has 1 N–H and O–H groups in total. The van der Waals surface area contributed by atoms with Crippen molar-refractivity contribution in [3.63, 3.8) is 0 Å². The maximum Gasteiger partial charge on any atom is 0.135 e. The van der Waals surface area contributed by atoms with E-state index in [0.29, 0.717) is 18.9 Å². The Hall–Kier alpha value is -0.670. The minimum atomic E-state index is -0.873. The van der Waals surface area contributed by atoms with E-state index < -0.39 is 5.60 Å². The van der Waals surface area contributed by atoms with E-state index in [-0.39, 0.29) is 17.3 Å². The molecule has 0 amide bonds. The molecule has 0 aromatic rings. The van der Waals surface area contributed by atoms with Gasteiger partial charge in [-0.1, -0.05) is 77.9 Å². The van der Waals surface area contributed by atoms with Crippen LogP contribution in [0.3, 0.4) is 0 Å². The van der Waals surface area contributed by atoms with Gasteiger partial charge < -0.3 is 9.84 Å². The summed E-state index contributed by atoms with van der Waals surface area (Å²) in [6, 6.07) is 0. The Morgan fingerprint density at radius 2 is 1.64 bits per heavy atom. The Morgan fingerprint density at radius 1 is 1.04 bits per heavy atom. The van der Waals surface area contributed by atoms with Crippen LogP contribution in [0, 0.1) is 5.41 Å². The van der Waals surface area contributed by atoms with E-state index >= 15 is 0 Å². The summed E-state index contributed by atoms with van der Waals surface area (Å²) in [6.07, 6.45) is 16.1. The number of hydrogen-bond acceptors (Lipinski definition) is 3. The van der Waals surface area contributed by atoms with Crippen LogP contribution in [0.1, 0.15) is 98.8 Å². The first-order chi connectivity index (χ1) is 11.7. The summed E-state index contributed by atoms with van der Waals surface area (Å²) in [4.78, 5) is 11.6. The second-order valence-electron chi connectivity index (χ2n) is 8.71. The fraction of sp³-hybridized carbons (Fsp3) is 0.864. The van der Waals surface area contributed by atoms with Gasteiger partial charge in [-0.15, -0.1) is 0 Å². The Bertz CT molecular complexity index is 423. The molecule has 0 aromatic heterocycles. The number of carbonyl (C=O) groups excluding carboxylic acids is 1. The SMILES string of the molecule is CCCCCCCCCC1OC1/C=C/C(C)(O)CCC(C)(C)C(C)=O. The number of unbranched alkanes of at least 4 members (excludes halogenated alkanes) is 6. The van der Waals surface area contributed by atoms with E-state index in [1.165, 1.54) is 44.9 Å². The number of ether oxygens (including phenoxy) is 1. The average Bonchev–Trinajstić information content (AvgIpc) is 3.29. The van der Waals surface area contributed by atoms with Gasteiger partial charge in [-0.3, -0.25) is 4.79 Å². The Morgan fingerprint density at radius 3 is 2.24 bits per heavy atom. The summed E-state index contributed by atoms with van der Waals surface area (Å²) in [5, 5.41) is 10.5. The third-order valence-corrected chi connectivity index (χ3v) is 5.57. The normalized spacial score (nSPS) is 23.0. The minimum absolute atomic E-state index is 0.174. The molecule has 0 aliphatic carbocycles. The number of epoxide rings is 1. The maximum absolute atomic E-state index is 11.6. The zero-order valence-corrected chi connectivity index (χ0v) is 17.1. The van der Waals surface area contributed by atoms with Crippen molar-refractivity contribution in [2.45, 2.75) is 117 Å². The quantitative estimate of drug-likeness (QED) is 0.251. The molecular formula is C22H40O3. The van der Waals surface area contributed by atoms with E-state index in [9.17, 15) is 9.90 Å². The molecule has 1 saturated heterocycles. The van der Waals surface area contributed by atoms with Gasteiger partial charge >= 0.3 is 0 Å². The topological polar surface area (TPSA) is 49.8 Å². The predicted molar refractivity (Wildman–Crippen MR) is 105 cm³/mol. The molecule has 1 fully saturated rings. The molecule has 0 saturated carbocycles. The molecule has 25 heavy (non-hydrogen) atoms. The molecular weight excluding hydrogens is 312 g/mol. The van der Waals surface area contributed by atoms with Crippen LogP contribution in [-0.4, -0.2) is 28.7 Å². The van der Waals surface area contributed by atoms with Gasteiger partial charge in [0.05, 0.1) is 11.7 Å². The first-order valence-corrected chi connectivity index (χ1v) is 10.3. The third-order valence-electron chi connectivity index (χ3n) is 5.57. The molecule has 3 atom stereocenters. The molecule has 1 heterocycles. The van der Waals surface area contributed by atoms with Crippen LogP contribution in [0.2, 0.25) is 0 Å². The number of Topliss-reactive ketones (excluding diaryl/α,β-unsaturated/α-hetero) is 1. The lowest BCUT2D eigenvalue weighted by Gasteiger charge is -2.26. The van der Waals surface area contributed by atoms with Gasteiger partial charge in [-0.2, -0.15) is 0 Å². The zero-order chi connectivity index (χ0) is 18.9. The van der Waals surface area contributed by atoms with Crippen molar-refractivity contribution in [2.24, 2.45) is 5.41 Å². The lowest BCUT2D eigenvalue weighted by atomic mass is 9.80. The molecule has 1 aliphatic rings. The van der Waals surface area contributed by atoms with Gasteiger partial charge in [0, 0.05) is 5.41 Å². The van der Waals surface area contributed by atoms with Crippen LogP contribution >= 0.6 is 0 Å². The molecule has 146 valence electrons. The van der Waals surface area contributed by atoms with Gasteiger partial charge in [-0.25, -0.2) is 0 Å². The highest BCUT2D eigenvalue weighted by atomic mass is 16.6. The van der Waals surface area contributed by atoms with E-state index in [0.717, 1.165) is 6.42 Å². The summed E-state index contributed by atoms with van der Waals surface area (Å²) < 4.78 is 5.69. The Labute approximate surface area is 155 Å². The zero-order valence-electron chi connectivity index (χ0n) is 17.1. The monoisotopic (exact) mass is 352 g/mol. The summed E-state index contributed by atoms with van der Waals surface area (Å²) in [5.41, 5.74) is -1.24. The molecule has 3 nitrogen and oxygen atoms in total. The van der Waals surface area contributed by atoms with Crippen molar-refractivity contribution in [1.29, 1.82) is 0 Å². The lowest BCUT2D eigenvalue weighted by molar-refractivity contribution is -0.125. The van der Waals surface area contributed by atoms with Crippen LogP contribution in [0.15, 0.2) is 12.2 Å². The number of ketones is 1. The van der Waals surface area contributed by atoms with Crippen molar-refractivity contribution in [1.82, 2.24) is 0 Å². The molecule has 3 unspecified atom stereocenters. The van der Waals surface area contributed by atoms with Crippen molar-refractivity contribution in [3.8, 4) is 0 Å². The highest BCUT2D eigenvalue weighted by Crippen LogP contribution is 2.31. The molecule has 1 aliphatic heterocycles. The summed E-state index contributed by atoms with van der Waals surface area (Å²) in [6.45, 7) is 9.57. The summed E-state index contributed by atoms with van der Waals surface area (Å²) in [5.74, 6) is 0.174. The van der Waals surface area contributed by atoms with Crippen molar-refractivity contribution >= 4 is 5.78 Å². The highest BCUT2D eigenvalue weighted by Gasteiger charge is 2.36. The molecule has 0 radical (unpaired) electrons. The number of aliphatic hydroxyl groups is 1. The molecule has 0 spiro atoms. The fourth-order valence-corrected chi connectivity index (χ4v) is 2.99. The van der Waals surface area contributed by atoms with Gasteiger partial charge in [0.1, 0.15) is 11.9 Å². The number of carbonyl (C=O) groups is 1. The van der Waals surface area contributed by atoms with E-state index in [1.54, 1.807) is 6.92 Å². The summed E-state index contributed by atoms with van der Waals surface area (Å²) >= 11 is 0. The number of rotatable bonds is 14. The minimum Gasteiger partial charge on any atom is -0.386 e. The largest absolute Gasteiger partial charge is 0.386 e.